The summed E-state index contributed by atoms with van der Waals surface area (Å²) in [5.74, 6) is 0.315. The predicted octanol–water partition coefficient (Wildman–Crippen LogP) is -1.30. The molecule has 0 saturated carbocycles. The van der Waals surface area contributed by atoms with E-state index in [1.165, 1.54) is 0 Å². The molecule has 1 aromatic carbocycles. The monoisotopic (exact) mass is 189 g/mol. The van der Waals surface area contributed by atoms with Gasteiger partial charge in [0, 0.05) is 17.1 Å². The predicted molar refractivity (Wildman–Crippen MR) is 41.9 cm³/mol. The van der Waals surface area contributed by atoms with E-state index in [1.54, 1.807) is 6.20 Å². The number of aromatic nitrogens is 1. The van der Waals surface area contributed by atoms with Crippen LogP contribution in [-0.2, 0) is 0 Å². The SMILES string of the molecule is Oc1c[nH]c2ccccc12.[K+].[OH-]. The Kier molecular flexibility index (Phi) is 5.07. The first kappa shape index (κ1) is 12.2. The van der Waals surface area contributed by atoms with Gasteiger partial charge in [0.05, 0.1) is 0 Å². The maximum absolute atomic E-state index is 9.18. The Bertz CT molecular complexity index is 359. The van der Waals surface area contributed by atoms with Crippen LogP contribution in [0.3, 0.4) is 0 Å². The molecule has 3 nitrogen and oxygen atoms in total. The standard InChI is InChI=1S/C8H7NO.K.H2O/c10-8-5-9-7-4-2-1-3-6(7)8;;/h1-5,9-10H;;1H2/q;+1;/p-1. The van der Waals surface area contributed by atoms with Crippen LogP contribution < -0.4 is 51.4 Å². The number of aromatic amines is 1. The van der Waals surface area contributed by atoms with Crippen molar-refractivity contribution >= 4 is 10.9 Å². The molecule has 2 aromatic rings. The van der Waals surface area contributed by atoms with Crippen LogP contribution >= 0.6 is 0 Å². The summed E-state index contributed by atoms with van der Waals surface area (Å²) in [6.45, 7) is 0. The third kappa shape index (κ3) is 2.10. The molecule has 0 aliphatic carbocycles. The minimum absolute atomic E-state index is 0. The minimum Gasteiger partial charge on any atom is -0.870 e. The van der Waals surface area contributed by atoms with E-state index in [4.69, 9.17) is 0 Å². The Morgan fingerprint density at radius 2 is 1.83 bits per heavy atom. The van der Waals surface area contributed by atoms with Gasteiger partial charge in [-0.2, -0.15) is 0 Å². The van der Waals surface area contributed by atoms with E-state index in [-0.39, 0.29) is 56.9 Å². The maximum atomic E-state index is 9.18. The zero-order valence-electron chi connectivity index (χ0n) is 6.78. The van der Waals surface area contributed by atoms with Gasteiger partial charge in [-0.1, -0.05) is 12.1 Å². The van der Waals surface area contributed by atoms with E-state index < -0.39 is 0 Å². The number of H-pyrrole nitrogens is 1. The number of nitrogens with one attached hydrogen (secondary N) is 1. The molecule has 0 spiro atoms. The molecule has 12 heavy (non-hydrogen) atoms. The fourth-order valence-electron chi connectivity index (χ4n) is 1.06. The number of fused-ring (bicyclic) bond motifs is 1. The third-order valence-corrected chi connectivity index (χ3v) is 1.57. The number of para-hydroxylation sites is 1. The molecular weight excluding hydrogens is 181 g/mol. The first-order valence-electron chi connectivity index (χ1n) is 3.13. The van der Waals surface area contributed by atoms with Crippen LogP contribution in [0.1, 0.15) is 0 Å². The van der Waals surface area contributed by atoms with Crippen LogP contribution in [0.5, 0.6) is 5.75 Å². The van der Waals surface area contributed by atoms with Crippen LogP contribution in [0.15, 0.2) is 30.5 Å². The molecule has 3 N–H and O–H groups in total. The Labute approximate surface area is 113 Å². The molecule has 0 atom stereocenters. The van der Waals surface area contributed by atoms with Crippen LogP contribution in [0.2, 0.25) is 0 Å². The van der Waals surface area contributed by atoms with Gasteiger partial charge in [0.15, 0.2) is 0 Å². The van der Waals surface area contributed by atoms with Crippen molar-refractivity contribution in [2.24, 2.45) is 0 Å². The largest absolute Gasteiger partial charge is 1.00 e. The molecule has 0 bridgehead atoms. The molecule has 0 radical (unpaired) electrons. The van der Waals surface area contributed by atoms with Gasteiger partial charge in [0.1, 0.15) is 5.75 Å². The van der Waals surface area contributed by atoms with Crippen LogP contribution in [-0.4, -0.2) is 15.6 Å². The Hall–Kier alpha value is 0.156. The molecule has 4 heteroatoms. The van der Waals surface area contributed by atoms with Gasteiger partial charge in [-0.3, -0.25) is 0 Å². The van der Waals surface area contributed by atoms with Gasteiger partial charge < -0.3 is 15.6 Å². The van der Waals surface area contributed by atoms with Crippen molar-refractivity contribution in [3.05, 3.63) is 30.5 Å². The summed E-state index contributed by atoms with van der Waals surface area (Å²) in [7, 11) is 0. The second kappa shape index (κ2) is 5.01. The van der Waals surface area contributed by atoms with E-state index in [1.807, 2.05) is 24.3 Å². The number of hydrogen-bond donors (Lipinski definition) is 2. The number of aromatic hydroxyl groups is 1. The van der Waals surface area contributed by atoms with E-state index >= 15 is 0 Å². The number of benzene rings is 1. The van der Waals surface area contributed by atoms with Crippen LogP contribution in [0.25, 0.3) is 10.9 Å². The normalized spacial score (nSPS) is 8.67. The quantitative estimate of drug-likeness (QED) is 0.506. The van der Waals surface area contributed by atoms with Gasteiger partial charge >= 0.3 is 51.4 Å². The van der Waals surface area contributed by atoms with Gasteiger partial charge in [0.2, 0.25) is 0 Å². The van der Waals surface area contributed by atoms with E-state index in [0.717, 1.165) is 10.9 Å². The summed E-state index contributed by atoms with van der Waals surface area (Å²) in [5, 5.41) is 10.1. The van der Waals surface area contributed by atoms with E-state index in [2.05, 4.69) is 4.98 Å². The molecular formula is C8H8KNO2. The van der Waals surface area contributed by atoms with E-state index in [9.17, 15) is 5.11 Å². The smallest absolute Gasteiger partial charge is 0.870 e. The van der Waals surface area contributed by atoms with Crippen LogP contribution in [0.4, 0.5) is 0 Å². The molecule has 1 heterocycles. The average Bonchev–Trinajstić information content (AvgIpc) is 2.34. The van der Waals surface area contributed by atoms with Crippen molar-refractivity contribution in [3.63, 3.8) is 0 Å². The minimum atomic E-state index is 0. The molecule has 0 unspecified atom stereocenters. The maximum Gasteiger partial charge on any atom is 1.00 e. The number of hydrogen-bond acceptors (Lipinski definition) is 2. The molecule has 0 aliphatic rings. The zero-order valence-corrected chi connectivity index (χ0v) is 9.90. The fourth-order valence-corrected chi connectivity index (χ4v) is 1.06. The zero-order chi connectivity index (χ0) is 6.97. The van der Waals surface area contributed by atoms with Gasteiger partial charge in [-0.05, 0) is 12.1 Å². The summed E-state index contributed by atoms with van der Waals surface area (Å²) in [6.07, 6.45) is 1.59. The Balaban J connectivity index is 0.000000605. The first-order valence-corrected chi connectivity index (χ1v) is 3.13. The second-order valence-corrected chi connectivity index (χ2v) is 2.22. The fraction of sp³-hybridized carbons (Fsp3) is 0. The topological polar surface area (TPSA) is 66.0 Å². The molecule has 0 aliphatic heterocycles. The van der Waals surface area contributed by atoms with Crippen molar-refractivity contribution < 1.29 is 62.0 Å². The summed E-state index contributed by atoms with van der Waals surface area (Å²) < 4.78 is 0. The van der Waals surface area contributed by atoms with Crippen molar-refractivity contribution in [1.82, 2.24) is 4.98 Å². The van der Waals surface area contributed by atoms with Gasteiger partial charge in [0.25, 0.3) is 0 Å². The number of rotatable bonds is 0. The molecule has 0 saturated heterocycles. The van der Waals surface area contributed by atoms with Gasteiger partial charge in [-0.15, -0.1) is 0 Å². The first-order chi connectivity index (χ1) is 4.88. The third-order valence-electron chi connectivity index (χ3n) is 1.57. The summed E-state index contributed by atoms with van der Waals surface area (Å²) in [4.78, 5) is 2.94. The molecule has 0 amide bonds. The Morgan fingerprint density at radius 1 is 1.17 bits per heavy atom. The summed E-state index contributed by atoms with van der Waals surface area (Å²) >= 11 is 0. The van der Waals surface area contributed by atoms with Crippen LogP contribution in [0, 0.1) is 0 Å². The van der Waals surface area contributed by atoms with Gasteiger partial charge in [-0.25, -0.2) is 0 Å². The molecule has 1 aromatic heterocycles. The second-order valence-electron chi connectivity index (χ2n) is 2.22. The average molecular weight is 189 g/mol. The summed E-state index contributed by atoms with van der Waals surface area (Å²) in [5.41, 5.74) is 0.972. The van der Waals surface area contributed by atoms with Crippen molar-refractivity contribution in [2.45, 2.75) is 0 Å². The van der Waals surface area contributed by atoms with E-state index in [0.29, 0.717) is 5.75 Å². The van der Waals surface area contributed by atoms with Crippen molar-refractivity contribution in [2.75, 3.05) is 0 Å². The Morgan fingerprint density at radius 3 is 2.50 bits per heavy atom. The molecule has 2 rings (SSSR count). The van der Waals surface area contributed by atoms with Crippen molar-refractivity contribution in [3.8, 4) is 5.75 Å². The molecule has 0 fully saturated rings. The molecule has 58 valence electrons. The van der Waals surface area contributed by atoms with Crippen molar-refractivity contribution in [1.29, 1.82) is 0 Å². The summed E-state index contributed by atoms with van der Waals surface area (Å²) in [6, 6.07) is 7.63.